The quantitative estimate of drug-likeness (QED) is 0.627. The van der Waals surface area contributed by atoms with Crippen LogP contribution in [0, 0.1) is 5.92 Å². The van der Waals surface area contributed by atoms with Gasteiger partial charge in [0.25, 0.3) is 0 Å². The molecule has 0 spiro atoms. The van der Waals surface area contributed by atoms with Crippen LogP contribution in [0.25, 0.3) is 0 Å². The number of hydrogen-bond acceptors (Lipinski definition) is 3. The zero-order chi connectivity index (χ0) is 8.97. The second kappa shape index (κ2) is 4.30. The maximum atomic E-state index is 10.3. The molecule has 12 heavy (non-hydrogen) atoms. The normalized spacial score (nSPS) is 28.8. The van der Waals surface area contributed by atoms with E-state index in [1.807, 2.05) is 0 Å². The summed E-state index contributed by atoms with van der Waals surface area (Å²) in [6, 6.07) is 0. The highest BCUT2D eigenvalue weighted by atomic mass is 16.7. The number of hydrogen-bond donors (Lipinski definition) is 2. The van der Waals surface area contributed by atoms with Crippen LogP contribution in [0.15, 0.2) is 0 Å². The highest BCUT2D eigenvalue weighted by molar-refractivity contribution is 5.57. The van der Waals surface area contributed by atoms with Gasteiger partial charge in [-0.3, -0.25) is 0 Å². The first-order valence-corrected chi connectivity index (χ1v) is 4.34. The molecular weight excluding hydrogens is 158 g/mol. The first-order chi connectivity index (χ1) is 5.74. The molecule has 0 saturated carbocycles. The van der Waals surface area contributed by atoms with Crippen molar-refractivity contribution in [2.75, 3.05) is 13.1 Å². The Morgan fingerprint density at radius 1 is 1.67 bits per heavy atom. The van der Waals surface area contributed by atoms with Gasteiger partial charge in [-0.1, -0.05) is 13.3 Å². The van der Waals surface area contributed by atoms with Crippen molar-refractivity contribution in [3.63, 3.8) is 0 Å². The lowest BCUT2D eigenvalue weighted by Gasteiger charge is -2.15. The van der Waals surface area contributed by atoms with Crippen molar-refractivity contribution < 1.29 is 14.6 Å². The molecule has 1 heterocycles. The van der Waals surface area contributed by atoms with Crippen LogP contribution < -0.4 is 5.32 Å². The van der Waals surface area contributed by atoms with E-state index in [1.54, 1.807) is 0 Å². The van der Waals surface area contributed by atoms with Crippen LogP contribution >= 0.6 is 0 Å². The van der Waals surface area contributed by atoms with Gasteiger partial charge in [-0.15, -0.1) is 0 Å². The number of nitrogens with one attached hydrogen (secondary N) is 1. The van der Waals surface area contributed by atoms with Gasteiger partial charge in [0, 0.05) is 19.0 Å². The van der Waals surface area contributed by atoms with Crippen molar-refractivity contribution in [1.82, 2.24) is 5.32 Å². The van der Waals surface area contributed by atoms with Gasteiger partial charge < -0.3 is 15.2 Å². The Morgan fingerprint density at radius 3 is 3.00 bits per heavy atom. The lowest BCUT2D eigenvalue weighted by molar-refractivity contribution is 0.0404. The fourth-order valence-electron chi connectivity index (χ4n) is 1.64. The largest absolute Gasteiger partial charge is 0.506 e. The zero-order valence-electron chi connectivity index (χ0n) is 7.25. The molecule has 2 atom stereocenters. The van der Waals surface area contributed by atoms with Gasteiger partial charge in [-0.05, 0) is 6.42 Å². The fraction of sp³-hybridized carbons (Fsp3) is 0.875. The van der Waals surface area contributed by atoms with Gasteiger partial charge in [0.1, 0.15) is 6.10 Å². The van der Waals surface area contributed by atoms with E-state index >= 15 is 0 Å². The third kappa shape index (κ3) is 2.37. The Kier molecular flexibility index (Phi) is 3.34. The van der Waals surface area contributed by atoms with Crippen LogP contribution in [0.4, 0.5) is 4.79 Å². The summed E-state index contributed by atoms with van der Waals surface area (Å²) in [5.74, 6) is 0.367. The second-order valence-electron chi connectivity index (χ2n) is 3.13. The molecule has 0 radical (unpaired) electrons. The molecule has 2 N–H and O–H groups in total. The molecule has 0 amide bonds. The van der Waals surface area contributed by atoms with E-state index in [1.165, 1.54) is 0 Å². The van der Waals surface area contributed by atoms with Crippen molar-refractivity contribution in [3.05, 3.63) is 0 Å². The van der Waals surface area contributed by atoms with Crippen molar-refractivity contribution in [1.29, 1.82) is 0 Å². The summed E-state index contributed by atoms with van der Waals surface area (Å²) in [4.78, 5) is 10.3. The Labute approximate surface area is 71.9 Å². The molecular formula is C8H15NO3. The number of carbonyl (C=O) groups is 1. The van der Waals surface area contributed by atoms with Crippen molar-refractivity contribution in [2.45, 2.75) is 25.9 Å². The van der Waals surface area contributed by atoms with Crippen LogP contribution in [0.3, 0.4) is 0 Å². The van der Waals surface area contributed by atoms with Crippen LogP contribution in [-0.2, 0) is 4.74 Å². The van der Waals surface area contributed by atoms with Crippen LogP contribution in [0.2, 0.25) is 0 Å². The van der Waals surface area contributed by atoms with Gasteiger partial charge in [0.15, 0.2) is 0 Å². The summed E-state index contributed by atoms with van der Waals surface area (Å²) >= 11 is 0. The predicted molar refractivity (Wildman–Crippen MR) is 44.2 cm³/mol. The minimum Gasteiger partial charge on any atom is -0.450 e. The predicted octanol–water partition coefficient (Wildman–Crippen LogP) is 1.07. The van der Waals surface area contributed by atoms with E-state index in [0.717, 1.165) is 19.4 Å². The van der Waals surface area contributed by atoms with Gasteiger partial charge in [-0.2, -0.15) is 0 Å². The Morgan fingerprint density at radius 2 is 2.42 bits per heavy atom. The minimum absolute atomic E-state index is 0.137. The summed E-state index contributed by atoms with van der Waals surface area (Å²) in [6.45, 7) is 3.64. The molecule has 0 unspecified atom stereocenters. The number of ether oxygens (including phenoxy) is 1. The molecule has 0 aliphatic carbocycles. The lowest BCUT2D eigenvalue weighted by Crippen LogP contribution is -2.25. The molecule has 1 fully saturated rings. The number of carboxylic acid groups (broad SMARTS) is 1. The topological polar surface area (TPSA) is 58.6 Å². The summed E-state index contributed by atoms with van der Waals surface area (Å²) < 4.78 is 4.73. The molecule has 4 nitrogen and oxygen atoms in total. The SMILES string of the molecule is CCC[C@H]1CNC[C@@H]1OC(=O)O. The van der Waals surface area contributed by atoms with Crippen LogP contribution in [-0.4, -0.2) is 30.5 Å². The van der Waals surface area contributed by atoms with E-state index in [9.17, 15) is 4.79 Å². The third-order valence-corrected chi connectivity index (χ3v) is 2.19. The van der Waals surface area contributed by atoms with Gasteiger partial charge >= 0.3 is 6.16 Å². The summed E-state index contributed by atoms with van der Waals surface area (Å²) in [5, 5.41) is 11.5. The molecule has 0 aromatic carbocycles. The monoisotopic (exact) mass is 173 g/mol. The summed E-state index contributed by atoms with van der Waals surface area (Å²) in [6.07, 6.45) is 0.809. The molecule has 1 rings (SSSR count). The molecule has 0 aromatic rings. The van der Waals surface area contributed by atoms with Crippen molar-refractivity contribution in [2.24, 2.45) is 5.92 Å². The Hall–Kier alpha value is -0.770. The maximum absolute atomic E-state index is 10.3. The average molecular weight is 173 g/mol. The smallest absolute Gasteiger partial charge is 0.450 e. The minimum atomic E-state index is -1.16. The van der Waals surface area contributed by atoms with E-state index in [4.69, 9.17) is 9.84 Å². The molecule has 0 aromatic heterocycles. The lowest BCUT2D eigenvalue weighted by atomic mass is 10.0. The highest BCUT2D eigenvalue weighted by Gasteiger charge is 2.29. The Bertz CT molecular complexity index is 160. The molecule has 1 aliphatic heterocycles. The molecule has 4 heteroatoms. The molecule has 0 bridgehead atoms. The van der Waals surface area contributed by atoms with Gasteiger partial charge in [0.05, 0.1) is 0 Å². The number of rotatable bonds is 3. The molecule has 1 saturated heterocycles. The Balaban J connectivity index is 2.35. The van der Waals surface area contributed by atoms with Gasteiger partial charge in [-0.25, -0.2) is 4.79 Å². The van der Waals surface area contributed by atoms with Crippen LogP contribution in [0.5, 0.6) is 0 Å². The fourth-order valence-corrected chi connectivity index (χ4v) is 1.64. The third-order valence-electron chi connectivity index (χ3n) is 2.19. The van der Waals surface area contributed by atoms with Gasteiger partial charge in [0.2, 0.25) is 0 Å². The first-order valence-electron chi connectivity index (χ1n) is 4.34. The van der Waals surface area contributed by atoms with E-state index in [2.05, 4.69) is 12.2 Å². The average Bonchev–Trinajstić information content (AvgIpc) is 2.37. The standard InChI is InChI=1S/C8H15NO3/c1-2-3-6-4-9-5-7(6)12-8(10)11/h6-7,9H,2-5H2,1H3,(H,10,11)/t6-,7-/m0/s1. The maximum Gasteiger partial charge on any atom is 0.506 e. The second-order valence-corrected chi connectivity index (χ2v) is 3.13. The zero-order valence-corrected chi connectivity index (χ0v) is 7.25. The van der Waals surface area contributed by atoms with E-state index < -0.39 is 6.16 Å². The molecule has 70 valence electrons. The summed E-state index contributed by atoms with van der Waals surface area (Å²) in [5.41, 5.74) is 0. The van der Waals surface area contributed by atoms with E-state index in [0.29, 0.717) is 12.5 Å². The van der Waals surface area contributed by atoms with E-state index in [-0.39, 0.29) is 6.10 Å². The molecule has 1 aliphatic rings. The highest BCUT2D eigenvalue weighted by Crippen LogP contribution is 2.18. The van der Waals surface area contributed by atoms with Crippen molar-refractivity contribution >= 4 is 6.16 Å². The van der Waals surface area contributed by atoms with Crippen molar-refractivity contribution in [3.8, 4) is 0 Å². The summed E-state index contributed by atoms with van der Waals surface area (Å²) in [7, 11) is 0. The first kappa shape index (κ1) is 9.32. The van der Waals surface area contributed by atoms with Crippen LogP contribution in [0.1, 0.15) is 19.8 Å².